The van der Waals surface area contributed by atoms with Crippen molar-refractivity contribution in [3.05, 3.63) is 10.1 Å². The van der Waals surface area contributed by atoms with Gasteiger partial charge in [0.25, 0.3) is 0 Å². The zero-order valence-electron chi connectivity index (χ0n) is 9.17. The molecule has 1 saturated carbocycles. The molecule has 2 nitrogen and oxygen atoms in total. The number of hydrogen-bond acceptors (Lipinski definition) is 1. The largest absolute Gasteiger partial charge is 0.356 e. The fourth-order valence-corrected chi connectivity index (χ4v) is 5.36. The smallest absolute Gasteiger partial charge is 0.216 e. The monoisotopic (exact) mass is 369 g/mol. The lowest BCUT2D eigenvalue weighted by Gasteiger charge is -2.33. The highest BCUT2D eigenvalue weighted by Gasteiger charge is 2.78. The molecule has 0 unspecified atom stereocenters. The number of halogens is 6. The molecule has 2 bridgehead atoms. The fraction of sp³-hybridized carbons (Fsp3) is 0.700. The summed E-state index contributed by atoms with van der Waals surface area (Å²) in [6.07, 6.45) is 0.348. The molecule has 0 aromatic carbocycles. The Bertz CT molecular complexity index is 450. The summed E-state index contributed by atoms with van der Waals surface area (Å²) in [7, 11) is 0. The predicted molar refractivity (Wildman–Crippen MR) is 77.1 cm³/mol. The molecule has 102 valence electrons. The third kappa shape index (κ3) is 1.66. The Hall–Kier alpha value is 0.950. The lowest BCUT2D eigenvalue weighted by Crippen LogP contribution is -2.46. The molecule has 1 N–H and O–H groups in total. The molecule has 0 heterocycles. The molecular formula is C10H9Cl6NO. The molecule has 18 heavy (non-hydrogen) atoms. The molecule has 1 fully saturated rings. The molecule has 0 radical (unpaired) electrons. The van der Waals surface area contributed by atoms with Gasteiger partial charge in [0.1, 0.15) is 9.75 Å². The maximum atomic E-state index is 11.0. The molecular weight excluding hydrogens is 363 g/mol. The Morgan fingerprint density at radius 2 is 1.83 bits per heavy atom. The van der Waals surface area contributed by atoms with Crippen LogP contribution in [-0.4, -0.2) is 26.5 Å². The molecule has 2 aliphatic rings. The van der Waals surface area contributed by atoms with Crippen molar-refractivity contribution in [3.63, 3.8) is 0 Å². The number of fused-ring (bicyclic) bond motifs is 2. The average molecular weight is 372 g/mol. The quantitative estimate of drug-likeness (QED) is 0.731. The van der Waals surface area contributed by atoms with Gasteiger partial charge in [-0.05, 0) is 6.42 Å². The van der Waals surface area contributed by atoms with Gasteiger partial charge in [0, 0.05) is 19.4 Å². The summed E-state index contributed by atoms with van der Waals surface area (Å²) in [5.41, 5.74) is 0. The summed E-state index contributed by atoms with van der Waals surface area (Å²) in [6, 6.07) is 0. The van der Waals surface area contributed by atoms with E-state index in [0.29, 0.717) is 6.42 Å². The molecule has 8 heteroatoms. The molecule has 2 aliphatic carbocycles. The Kier molecular flexibility index (Phi) is 3.81. The number of carbonyl (C=O) groups is 1. The Labute approximate surface area is 135 Å². The van der Waals surface area contributed by atoms with Crippen molar-refractivity contribution >= 4 is 75.5 Å². The van der Waals surface area contributed by atoms with Crippen LogP contribution in [0.4, 0.5) is 0 Å². The van der Waals surface area contributed by atoms with Crippen molar-refractivity contribution in [1.29, 1.82) is 0 Å². The van der Waals surface area contributed by atoms with Crippen LogP contribution >= 0.6 is 69.6 Å². The Balaban J connectivity index is 2.40. The van der Waals surface area contributed by atoms with Crippen LogP contribution in [0.25, 0.3) is 0 Å². The highest BCUT2D eigenvalue weighted by molar-refractivity contribution is 6.65. The van der Waals surface area contributed by atoms with Gasteiger partial charge in [-0.15, -0.1) is 23.2 Å². The van der Waals surface area contributed by atoms with Crippen LogP contribution < -0.4 is 5.32 Å². The summed E-state index contributed by atoms with van der Waals surface area (Å²) in [6.45, 7) is 1.69. The SMILES string of the molecule is CC(=O)NC[C@H]1C[C@@]2(Cl)C(Cl)=C(Cl)[C@]1(Cl)C2(Cl)Cl. The second-order valence-electron chi connectivity index (χ2n) is 4.55. The first-order chi connectivity index (χ1) is 8.09. The average Bonchev–Trinajstić information content (AvgIpc) is 2.48. The van der Waals surface area contributed by atoms with Gasteiger partial charge in [-0.3, -0.25) is 4.79 Å². The number of amides is 1. The van der Waals surface area contributed by atoms with Gasteiger partial charge in [0.15, 0.2) is 4.33 Å². The predicted octanol–water partition coefficient (Wildman–Crippen LogP) is 3.97. The number of carbonyl (C=O) groups excluding carboxylic acids is 1. The van der Waals surface area contributed by atoms with E-state index in [4.69, 9.17) is 69.6 Å². The van der Waals surface area contributed by atoms with Gasteiger partial charge < -0.3 is 5.32 Å². The van der Waals surface area contributed by atoms with Crippen LogP contribution in [-0.2, 0) is 4.79 Å². The maximum absolute atomic E-state index is 11.0. The first-order valence-corrected chi connectivity index (χ1v) is 7.42. The van der Waals surface area contributed by atoms with Crippen molar-refractivity contribution in [1.82, 2.24) is 5.32 Å². The minimum absolute atomic E-state index is 0.160. The van der Waals surface area contributed by atoms with Crippen LogP contribution in [0.5, 0.6) is 0 Å². The van der Waals surface area contributed by atoms with Crippen LogP contribution in [0.1, 0.15) is 13.3 Å². The van der Waals surface area contributed by atoms with E-state index in [0.717, 1.165) is 0 Å². The molecule has 1 amide bonds. The number of hydrogen-bond donors (Lipinski definition) is 1. The van der Waals surface area contributed by atoms with E-state index in [1.807, 2.05) is 0 Å². The number of alkyl halides is 4. The van der Waals surface area contributed by atoms with Crippen LogP contribution in [0.3, 0.4) is 0 Å². The summed E-state index contributed by atoms with van der Waals surface area (Å²) in [5, 5.41) is 3.01. The number of rotatable bonds is 2. The van der Waals surface area contributed by atoms with Gasteiger partial charge >= 0.3 is 0 Å². The van der Waals surface area contributed by atoms with Gasteiger partial charge in [0.2, 0.25) is 5.91 Å². The molecule has 3 atom stereocenters. The van der Waals surface area contributed by atoms with Crippen molar-refractivity contribution in [2.75, 3.05) is 6.54 Å². The standard InChI is InChI=1S/C10H9Cl6NO/c1-4(18)17-3-5-2-8(13)6(11)7(12)9(5,14)10(8,15)16/h5H,2-3H2,1H3,(H,17,18)/t5-,8-,9+/m1/s1. The van der Waals surface area contributed by atoms with E-state index < -0.39 is 14.1 Å². The number of allylic oxidation sites excluding steroid dienone is 2. The molecule has 0 aliphatic heterocycles. The summed E-state index contributed by atoms with van der Waals surface area (Å²) < 4.78 is -1.51. The van der Waals surface area contributed by atoms with Gasteiger partial charge in [-0.25, -0.2) is 0 Å². The second-order valence-corrected chi connectivity index (χ2v) is 7.88. The Morgan fingerprint density at radius 1 is 1.28 bits per heavy atom. The van der Waals surface area contributed by atoms with E-state index in [1.165, 1.54) is 6.92 Å². The van der Waals surface area contributed by atoms with Crippen LogP contribution in [0, 0.1) is 5.92 Å². The molecule has 0 saturated heterocycles. The van der Waals surface area contributed by atoms with Crippen molar-refractivity contribution < 1.29 is 4.79 Å². The topological polar surface area (TPSA) is 29.1 Å². The first kappa shape index (κ1) is 15.3. The lowest BCUT2D eigenvalue weighted by atomic mass is 9.92. The molecule has 0 spiro atoms. The fourth-order valence-electron chi connectivity index (χ4n) is 2.51. The summed E-state index contributed by atoms with van der Waals surface area (Å²) in [4.78, 5) is 8.49. The van der Waals surface area contributed by atoms with E-state index in [1.54, 1.807) is 0 Å². The van der Waals surface area contributed by atoms with Gasteiger partial charge in [0.05, 0.1) is 10.1 Å². The van der Waals surface area contributed by atoms with Crippen molar-refractivity contribution in [3.8, 4) is 0 Å². The third-order valence-electron chi connectivity index (χ3n) is 3.50. The normalized spacial score (nSPS) is 41.4. The second kappa shape index (κ2) is 4.47. The highest BCUT2D eigenvalue weighted by atomic mass is 35.5. The minimum Gasteiger partial charge on any atom is -0.356 e. The van der Waals surface area contributed by atoms with Gasteiger partial charge in [-0.2, -0.15) is 0 Å². The zero-order valence-corrected chi connectivity index (χ0v) is 13.7. The molecule has 0 aromatic rings. The van der Waals surface area contributed by atoms with E-state index in [-0.39, 0.29) is 28.4 Å². The zero-order chi connectivity index (χ0) is 13.9. The van der Waals surface area contributed by atoms with Gasteiger partial charge in [-0.1, -0.05) is 46.4 Å². The summed E-state index contributed by atoms with van der Waals surface area (Å²) in [5.74, 6) is -0.465. The van der Waals surface area contributed by atoms with E-state index in [9.17, 15) is 4.79 Å². The first-order valence-electron chi connectivity index (χ1n) is 5.15. The maximum Gasteiger partial charge on any atom is 0.216 e. The minimum atomic E-state index is -1.51. The third-order valence-corrected chi connectivity index (χ3v) is 7.83. The lowest BCUT2D eigenvalue weighted by molar-refractivity contribution is -0.119. The number of nitrogens with one attached hydrogen (secondary N) is 1. The van der Waals surface area contributed by atoms with Crippen LogP contribution in [0.2, 0.25) is 0 Å². The Morgan fingerprint density at radius 3 is 2.22 bits per heavy atom. The molecule has 2 rings (SSSR count). The van der Waals surface area contributed by atoms with E-state index in [2.05, 4.69) is 5.32 Å². The van der Waals surface area contributed by atoms with Crippen molar-refractivity contribution in [2.45, 2.75) is 27.4 Å². The molecule has 0 aromatic heterocycles. The highest BCUT2D eigenvalue weighted by Crippen LogP contribution is 2.74. The van der Waals surface area contributed by atoms with Crippen LogP contribution in [0.15, 0.2) is 10.1 Å². The van der Waals surface area contributed by atoms with Crippen molar-refractivity contribution in [2.24, 2.45) is 5.92 Å². The van der Waals surface area contributed by atoms with E-state index >= 15 is 0 Å². The summed E-state index contributed by atoms with van der Waals surface area (Å²) >= 11 is 37.7.